The number of carbonyl (C=O) groups is 1. The number of aromatic nitrogens is 2. The maximum Gasteiger partial charge on any atom is 0.254 e. The number of carbonyl (C=O) groups excluding carboxylic acids is 1. The molecule has 0 bridgehead atoms. The molecule has 0 atom stereocenters. The molecule has 0 saturated heterocycles. The lowest BCUT2D eigenvalue weighted by atomic mass is 10.1. The van der Waals surface area contributed by atoms with E-state index >= 15 is 0 Å². The molecule has 130 valence electrons. The molecule has 6 heteroatoms. The second-order valence-corrected chi connectivity index (χ2v) is 6.43. The third-order valence-electron chi connectivity index (χ3n) is 3.66. The van der Waals surface area contributed by atoms with Crippen LogP contribution in [0, 0.1) is 0 Å². The number of amides is 1. The maximum absolute atomic E-state index is 12.5. The van der Waals surface area contributed by atoms with Crippen molar-refractivity contribution in [2.45, 2.75) is 33.1 Å². The molecule has 0 spiro atoms. The predicted molar refractivity (Wildman–Crippen MR) is 98.2 cm³/mol. The zero-order chi connectivity index (χ0) is 17.5. The van der Waals surface area contributed by atoms with E-state index in [4.69, 9.17) is 11.6 Å². The fourth-order valence-corrected chi connectivity index (χ4v) is 2.75. The summed E-state index contributed by atoms with van der Waals surface area (Å²) in [7, 11) is 0. The molecule has 2 rings (SSSR count). The summed E-state index contributed by atoms with van der Waals surface area (Å²) in [5.41, 5.74) is 2.35. The van der Waals surface area contributed by atoms with Crippen molar-refractivity contribution in [1.82, 2.24) is 20.4 Å². The van der Waals surface area contributed by atoms with E-state index < -0.39 is 0 Å². The molecule has 1 amide bonds. The molecule has 0 unspecified atom stereocenters. The quantitative estimate of drug-likeness (QED) is 0.719. The van der Waals surface area contributed by atoms with Crippen LogP contribution in [0.1, 0.15) is 49.2 Å². The highest BCUT2D eigenvalue weighted by molar-refractivity contribution is 6.30. The molecule has 1 heterocycles. The lowest BCUT2D eigenvalue weighted by Crippen LogP contribution is -2.32. The van der Waals surface area contributed by atoms with Gasteiger partial charge < -0.3 is 10.6 Å². The highest BCUT2D eigenvalue weighted by Crippen LogP contribution is 2.24. The highest BCUT2D eigenvalue weighted by atomic mass is 35.5. The molecule has 1 aromatic carbocycles. The molecule has 0 saturated carbocycles. The summed E-state index contributed by atoms with van der Waals surface area (Å²) < 4.78 is 1.79. The van der Waals surface area contributed by atoms with Crippen molar-refractivity contribution in [2.75, 3.05) is 19.6 Å². The van der Waals surface area contributed by atoms with Gasteiger partial charge in [-0.1, -0.05) is 38.4 Å². The molecule has 0 aliphatic carbocycles. The Kier molecular flexibility index (Phi) is 6.82. The molecule has 0 radical (unpaired) electrons. The van der Waals surface area contributed by atoms with E-state index in [9.17, 15) is 4.79 Å². The lowest BCUT2D eigenvalue weighted by Gasteiger charge is -2.13. The van der Waals surface area contributed by atoms with Gasteiger partial charge in [-0.3, -0.25) is 4.79 Å². The van der Waals surface area contributed by atoms with Crippen LogP contribution in [-0.2, 0) is 0 Å². The smallest absolute Gasteiger partial charge is 0.254 e. The van der Waals surface area contributed by atoms with E-state index in [0.29, 0.717) is 17.1 Å². The topological polar surface area (TPSA) is 58.9 Å². The van der Waals surface area contributed by atoms with Crippen molar-refractivity contribution in [2.24, 2.45) is 0 Å². The number of halogens is 1. The Morgan fingerprint density at radius 2 is 2.08 bits per heavy atom. The average Bonchev–Trinajstić information content (AvgIpc) is 3.00. The van der Waals surface area contributed by atoms with Crippen molar-refractivity contribution < 1.29 is 4.79 Å². The van der Waals surface area contributed by atoms with Crippen LogP contribution in [0.2, 0.25) is 5.02 Å². The zero-order valence-corrected chi connectivity index (χ0v) is 15.2. The summed E-state index contributed by atoms with van der Waals surface area (Å²) >= 11 is 6.08. The average molecular weight is 349 g/mol. The SMILES string of the molecule is CCCNCCNC(=O)c1cnn(-c2cccc(Cl)c2)c1C(C)C. The number of rotatable bonds is 8. The molecule has 5 nitrogen and oxygen atoms in total. The summed E-state index contributed by atoms with van der Waals surface area (Å²) in [6.45, 7) is 8.54. The Labute approximate surface area is 148 Å². The minimum Gasteiger partial charge on any atom is -0.351 e. The summed E-state index contributed by atoms with van der Waals surface area (Å²) in [5, 5.41) is 11.3. The van der Waals surface area contributed by atoms with Crippen LogP contribution in [0.5, 0.6) is 0 Å². The monoisotopic (exact) mass is 348 g/mol. The number of nitrogens with zero attached hydrogens (tertiary/aromatic N) is 2. The van der Waals surface area contributed by atoms with Gasteiger partial charge in [-0.2, -0.15) is 5.10 Å². The minimum atomic E-state index is -0.0923. The fraction of sp³-hybridized carbons (Fsp3) is 0.444. The van der Waals surface area contributed by atoms with Crippen LogP contribution in [-0.4, -0.2) is 35.3 Å². The summed E-state index contributed by atoms with van der Waals surface area (Å²) in [4.78, 5) is 12.5. The van der Waals surface area contributed by atoms with Crippen molar-refractivity contribution >= 4 is 17.5 Å². The molecule has 0 aliphatic rings. The van der Waals surface area contributed by atoms with Crippen LogP contribution >= 0.6 is 11.6 Å². The maximum atomic E-state index is 12.5. The van der Waals surface area contributed by atoms with Gasteiger partial charge in [0.15, 0.2) is 0 Å². The van der Waals surface area contributed by atoms with Gasteiger partial charge in [-0.15, -0.1) is 0 Å². The van der Waals surface area contributed by atoms with Crippen LogP contribution in [0.4, 0.5) is 0 Å². The third-order valence-corrected chi connectivity index (χ3v) is 3.90. The predicted octanol–water partition coefficient (Wildman–Crippen LogP) is 3.38. The van der Waals surface area contributed by atoms with Gasteiger partial charge in [0.1, 0.15) is 0 Å². The number of nitrogens with one attached hydrogen (secondary N) is 2. The van der Waals surface area contributed by atoms with Gasteiger partial charge in [0.05, 0.1) is 23.1 Å². The lowest BCUT2D eigenvalue weighted by molar-refractivity contribution is 0.0952. The van der Waals surface area contributed by atoms with E-state index in [0.717, 1.165) is 30.9 Å². The first-order chi connectivity index (χ1) is 11.5. The van der Waals surface area contributed by atoms with Gasteiger partial charge in [-0.05, 0) is 37.1 Å². The zero-order valence-electron chi connectivity index (χ0n) is 14.5. The first-order valence-corrected chi connectivity index (χ1v) is 8.75. The first kappa shape index (κ1) is 18.5. The highest BCUT2D eigenvalue weighted by Gasteiger charge is 2.20. The largest absolute Gasteiger partial charge is 0.351 e. The Balaban J connectivity index is 2.18. The minimum absolute atomic E-state index is 0.0923. The van der Waals surface area contributed by atoms with E-state index in [2.05, 4.69) is 36.5 Å². The first-order valence-electron chi connectivity index (χ1n) is 8.37. The molecule has 1 aromatic heterocycles. The van der Waals surface area contributed by atoms with Crippen molar-refractivity contribution in [3.05, 3.63) is 46.7 Å². The van der Waals surface area contributed by atoms with Crippen molar-refractivity contribution in [3.8, 4) is 5.69 Å². The molecule has 0 fully saturated rings. The molecular formula is C18H25ClN4O. The van der Waals surface area contributed by atoms with Gasteiger partial charge in [0.25, 0.3) is 5.91 Å². The third kappa shape index (κ3) is 4.58. The van der Waals surface area contributed by atoms with Gasteiger partial charge in [0.2, 0.25) is 0 Å². The Morgan fingerprint density at radius 1 is 1.29 bits per heavy atom. The Morgan fingerprint density at radius 3 is 2.75 bits per heavy atom. The van der Waals surface area contributed by atoms with E-state index in [1.54, 1.807) is 10.9 Å². The van der Waals surface area contributed by atoms with E-state index in [1.165, 1.54) is 0 Å². The van der Waals surface area contributed by atoms with Crippen LogP contribution < -0.4 is 10.6 Å². The molecular weight excluding hydrogens is 324 g/mol. The number of hydrogen-bond donors (Lipinski definition) is 2. The van der Waals surface area contributed by atoms with E-state index in [-0.39, 0.29) is 11.8 Å². The fourth-order valence-electron chi connectivity index (χ4n) is 2.56. The second-order valence-electron chi connectivity index (χ2n) is 6.00. The number of benzene rings is 1. The normalized spacial score (nSPS) is 11.0. The summed E-state index contributed by atoms with van der Waals surface area (Å²) in [5.74, 6) is 0.0655. The summed E-state index contributed by atoms with van der Waals surface area (Å²) in [6, 6.07) is 7.47. The molecule has 24 heavy (non-hydrogen) atoms. The van der Waals surface area contributed by atoms with Crippen LogP contribution in [0.15, 0.2) is 30.5 Å². The van der Waals surface area contributed by atoms with E-state index in [1.807, 2.05) is 24.3 Å². The van der Waals surface area contributed by atoms with Gasteiger partial charge in [0, 0.05) is 18.1 Å². The standard InChI is InChI=1S/C18H25ClN4O/c1-4-8-20-9-10-21-18(24)16-12-22-23(17(16)13(2)3)15-7-5-6-14(19)11-15/h5-7,11-13,20H,4,8-10H2,1-3H3,(H,21,24). The molecule has 2 aromatic rings. The van der Waals surface area contributed by atoms with Crippen molar-refractivity contribution in [1.29, 1.82) is 0 Å². The summed E-state index contributed by atoms with van der Waals surface area (Å²) in [6.07, 6.45) is 2.71. The molecule has 0 aliphatic heterocycles. The van der Waals surface area contributed by atoms with Crippen molar-refractivity contribution in [3.63, 3.8) is 0 Å². The second kappa shape index (κ2) is 8.85. The molecule has 2 N–H and O–H groups in total. The van der Waals surface area contributed by atoms with Gasteiger partial charge >= 0.3 is 0 Å². The Hall–Kier alpha value is -1.85. The number of hydrogen-bond acceptors (Lipinski definition) is 3. The van der Waals surface area contributed by atoms with Gasteiger partial charge in [-0.25, -0.2) is 4.68 Å². The van der Waals surface area contributed by atoms with Crippen LogP contribution in [0.25, 0.3) is 5.69 Å². The Bertz CT molecular complexity index is 681. The van der Waals surface area contributed by atoms with Crippen LogP contribution in [0.3, 0.4) is 0 Å².